The number of imidazole rings is 1. The Balaban J connectivity index is 1.33. The molecule has 0 aromatic carbocycles. The van der Waals surface area contributed by atoms with E-state index in [0.717, 1.165) is 17.8 Å². The second kappa shape index (κ2) is 6.97. The lowest BCUT2D eigenvalue weighted by atomic mass is 10.1. The van der Waals surface area contributed by atoms with Gasteiger partial charge >= 0.3 is 0 Å². The predicted molar refractivity (Wildman–Crippen MR) is 98.0 cm³/mol. The summed E-state index contributed by atoms with van der Waals surface area (Å²) in [7, 11) is 0. The number of thiazole rings is 1. The molecule has 3 heterocycles. The fourth-order valence-corrected chi connectivity index (χ4v) is 4.91. The fraction of sp³-hybridized carbons (Fsp3) is 0.353. The molecule has 0 radical (unpaired) electrons. The molecule has 0 aliphatic heterocycles. The van der Waals surface area contributed by atoms with Crippen LogP contribution in [0.1, 0.15) is 45.1 Å². The summed E-state index contributed by atoms with van der Waals surface area (Å²) in [5.41, 5.74) is 6.96. The van der Waals surface area contributed by atoms with E-state index >= 15 is 0 Å². The molecule has 0 spiro atoms. The first-order valence-corrected chi connectivity index (χ1v) is 10.0. The normalized spacial score (nSPS) is 14.1. The second-order valence-electron chi connectivity index (χ2n) is 6.12. The zero-order chi connectivity index (χ0) is 17.2. The van der Waals surface area contributed by atoms with Crippen molar-refractivity contribution in [1.29, 1.82) is 0 Å². The number of carbonyl (C=O) groups is 2. The predicted octanol–water partition coefficient (Wildman–Crippen LogP) is 2.73. The summed E-state index contributed by atoms with van der Waals surface area (Å²) in [6.07, 6.45) is 9.58. The third kappa shape index (κ3) is 3.59. The van der Waals surface area contributed by atoms with Crippen molar-refractivity contribution in [2.45, 2.75) is 38.5 Å². The van der Waals surface area contributed by atoms with E-state index in [1.165, 1.54) is 52.4 Å². The number of aromatic nitrogens is 2. The first-order valence-electron chi connectivity index (χ1n) is 8.31. The van der Waals surface area contributed by atoms with Gasteiger partial charge in [-0.25, -0.2) is 4.98 Å². The number of nitrogens with zero attached hydrogens (tertiary/aromatic N) is 2. The number of rotatable bonds is 3. The number of nitrogens with one attached hydrogen (secondary N) is 2. The molecule has 25 heavy (non-hydrogen) atoms. The van der Waals surface area contributed by atoms with Gasteiger partial charge in [-0.15, -0.1) is 22.7 Å². The van der Waals surface area contributed by atoms with Crippen LogP contribution in [0.5, 0.6) is 0 Å². The Morgan fingerprint density at radius 1 is 1.20 bits per heavy atom. The molecule has 8 heteroatoms. The van der Waals surface area contributed by atoms with Crippen LogP contribution in [0.25, 0.3) is 4.96 Å². The molecular weight excluding hydrogens is 356 g/mol. The van der Waals surface area contributed by atoms with Crippen LogP contribution in [-0.4, -0.2) is 21.2 Å². The van der Waals surface area contributed by atoms with Crippen molar-refractivity contribution in [2.75, 3.05) is 0 Å². The molecule has 3 aromatic rings. The highest BCUT2D eigenvalue weighted by Gasteiger charge is 2.17. The van der Waals surface area contributed by atoms with Crippen molar-refractivity contribution in [3.8, 4) is 0 Å². The van der Waals surface area contributed by atoms with Gasteiger partial charge in [0.1, 0.15) is 0 Å². The number of fused-ring (bicyclic) bond motifs is 2. The van der Waals surface area contributed by atoms with E-state index in [0.29, 0.717) is 10.6 Å². The molecule has 0 bridgehead atoms. The lowest BCUT2D eigenvalue weighted by Crippen LogP contribution is -2.42. The molecule has 0 saturated heterocycles. The zero-order valence-electron chi connectivity index (χ0n) is 13.6. The van der Waals surface area contributed by atoms with Crippen LogP contribution in [0.15, 0.2) is 23.8 Å². The standard InChI is InChI=1S/C17H18N4O2S2/c22-15(9-12-10-21-6-7-24-17(21)18-12)19-20-16(23)14-8-11-4-2-1-3-5-13(11)25-14/h6-8,10H,1-5,9H2,(H,19,22)(H,20,23). The largest absolute Gasteiger partial charge is 0.297 e. The van der Waals surface area contributed by atoms with Gasteiger partial charge < -0.3 is 0 Å². The minimum atomic E-state index is -0.280. The summed E-state index contributed by atoms with van der Waals surface area (Å²) in [5, 5.41) is 1.94. The summed E-state index contributed by atoms with van der Waals surface area (Å²) in [4.78, 5) is 31.5. The van der Waals surface area contributed by atoms with Crippen LogP contribution in [0, 0.1) is 0 Å². The van der Waals surface area contributed by atoms with Crippen LogP contribution < -0.4 is 10.9 Å². The summed E-state index contributed by atoms with van der Waals surface area (Å²) >= 11 is 3.06. The Hall–Kier alpha value is -2.19. The highest BCUT2D eigenvalue weighted by atomic mass is 32.1. The Kier molecular flexibility index (Phi) is 4.54. The Bertz CT molecular complexity index is 872. The lowest BCUT2D eigenvalue weighted by Gasteiger charge is -2.05. The van der Waals surface area contributed by atoms with Gasteiger partial charge in [-0.05, 0) is 37.3 Å². The van der Waals surface area contributed by atoms with Crippen molar-refractivity contribution in [2.24, 2.45) is 0 Å². The number of hydrazine groups is 1. The number of hydrogen-bond donors (Lipinski definition) is 2. The maximum Gasteiger partial charge on any atom is 0.279 e. The fourth-order valence-electron chi connectivity index (χ4n) is 3.04. The Morgan fingerprint density at radius 3 is 2.96 bits per heavy atom. The van der Waals surface area contributed by atoms with Crippen molar-refractivity contribution >= 4 is 39.4 Å². The summed E-state index contributed by atoms with van der Waals surface area (Å²) in [6.45, 7) is 0. The minimum absolute atomic E-state index is 0.135. The SMILES string of the molecule is O=C(Cc1cn2ccsc2n1)NNC(=O)c1cc2c(s1)CCCCC2. The lowest BCUT2D eigenvalue weighted by molar-refractivity contribution is -0.121. The minimum Gasteiger partial charge on any atom is -0.297 e. The van der Waals surface area contributed by atoms with E-state index in [9.17, 15) is 9.59 Å². The summed E-state index contributed by atoms with van der Waals surface area (Å²) < 4.78 is 1.88. The van der Waals surface area contributed by atoms with Crippen molar-refractivity contribution in [3.63, 3.8) is 0 Å². The Labute approximate surface area is 152 Å². The molecule has 6 nitrogen and oxygen atoms in total. The number of carbonyl (C=O) groups excluding carboxylic acids is 2. The van der Waals surface area contributed by atoms with Gasteiger partial charge in [0.05, 0.1) is 17.0 Å². The van der Waals surface area contributed by atoms with Crippen LogP contribution >= 0.6 is 22.7 Å². The number of thiophene rings is 1. The molecule has 3 aromatic heterocycles. The molecule has 4 rings (SSSR count). The molecular formula is C17H18N4O2S2. The maximum absolute atomic E-state index is 12.3. The van der Waals surface area contributed by atoms with Crippen molar-refractivity contribution < 1.29 is 9.59 Å². The summed E-state index contributed by atoms with van der Waals surface area (Å²) in [6, 6.07) is 1.97. The third-order valence-electron chi connectivity index (χ3n) is 4.27. The van der Waals surface area contributed by atoms with Crippen molar-refractivity contribution in [1.82, 2.24) is 20.2 Å². The van der Waals surface area contributed by atoms with Gasteiger partial charge in [0.2, 0.25) is 5.91 Å². The monoisotopic (exact) mass is 374 g/mol. The van der Waals surface area contributed by atoms with Gasteiger partial charge in [0.15, 0.2) is 4.96 Å². The van der Waals surface area contributed by atoms with E-state index in [4.69, 9.17) is 0 Å². The van der Waals surface area contributed by atoms with E-state index in [-0.39, 0.29) is 18.2 Å². The van der Waals surface area contributed by atoms with Crippen LogP contribution in [-0.2, 0) is 24.1 Å². The third-order valence-corrected chi connectivity index (χ3v) is 6.28. The molecule has 1 aliphatic rings. The van der Waals surface area contributed by atoms with E-state index in [1.54, 1.807) is 0 Å². The van der Waals surface area contributed by atoms with Crippen molar-refractivity contribution in [3.05, 3.63) is 44.9 Å². The maximum atomic E-state index is 12.3. The summed E-state index contributed by atoms with van der Waals surface area (Å²) in [5.74, 6) is -0.533. The average Bonchev–Trinajstić information content (AvgIpc) is 3.24. The van der Waals surface area contributed by atoms with E-state index < -0.39 is 0 Å². The Morgan fingerprint density at radius 2 is 2.08 bits per heavy atom. The van der Waals surface area contributed by atoms with E-state index in [1.807, 2.05) is 28.2 Å². The number of aryl methyl sites for hydroxylation is 2. The smallest absolute Gasteiger partial charge is 0.279 e. The molecule has 1 aliphatic carbocycles. The molecule has 130 valence electrons. The quantitative estimate of drug-likeness (QED) is 0.547. The van der Waals surface area contributed by atoms with Crippen LogP contribution in [0.4, 0.5) is 0 Å². The van der Waals surface area contributed by atoms with E-state index in [2.05, 4.69) is 15.8 Å². The van der Waals surface area contributed by atoms with Gasteiger partial charge in [-0.1, -0.05) is 6.42 Å². The van der Waals surface area contributed by atoms with Crippen LogP contribution in [0.3, 0.4) is 0 Å². The van der Waals surface area contributed by atoms with Crippen LogP contribution in [0.2, 0.25) is 0 Å². The first-order chi connectivity index (χ1) is 12.2. The highest BCUT2D eigenvalue weighted by Crippen LogP contribution is 2.28. The molecule has 2 N–H and O–H groups in total. The molecule has 0 atom stereocenters. The molecule has 2 amide bonds. The second-order valence-corrected chi connectivity index (χ2v) is 8.13. The topological polar surface area (TPSA) is 75.5 Å². The van der Waals surface area contributed by atoms with Gasteiger partial charge in [0.25, 0.3) is 5.91 Å². The van der Waals surface area contributed by atoms with Gasteiger partial charge in [0, 0.05) is 22.7 Å². The first kappa shape index (κ1) is 16.3. The number of amides is 2. The van der Waals surface area contributed by atoms with Gasteiger partial charge in [-0.2, -0.15) is 0 Å². The number of hydrogen-bond acceptors (Lipinski definition) is 5. The molecule has 0 unspecified atom stereocenters. The highest BCUT2D eigenvalue weighted by molar-refractivity contribution is 7.15. The average molecular weight is 374 g/mol. The zero-order valence-corrected chi connectivity index (χ0v) is 15.2. The molecule has 0 saturated carbocycles. The molecule has 0 fully saturated rings. The van der Waals surface area contributed by atoms with Gasteiger partial charge in [-0.3, -0.25) is 24.8 Å².